The van der Waals surface area contributed by atoms with Crippen molar-refractivity contribution in [3.63, 3.8) is 0 Å². The molecule has 2 bridgehead atoms. The van der Waals surface area contributed by atoms with Crippen LogP contribution in [0.3, 0.4) is 0 Å². The summed E-state index contributed by atoms with van der Waals surface area (Å²) in [7, 11) is 1.67. The molecule has 4 heterocycles. The largest absolute Gasteiger partial charge is 0.416 e. The zero-order chi connectivity index (χ0) is 29.4. The van der Waals surface area contributed by atoms with E-state index in [0.717, 1.165) is 24.3 Å². The van der Waals surface area contributed by atoms with E-state index in [1.54, 1.807) is 31.3 Å². The van der Waals surface area contributed by atoms with E-state index < -0.39 is 24.1 Å². The fourth-order valence-corrected chi connectivity index (χ4v) is 6.41. The molecule has 1 aliphatic carbocycles. The maximum absolute atomic E-state index is 13.5. The first-order chi connectivity index (χ1) is 20.3. The molecule has 1 atom stereocenters. The van der Waals surface area contributed by atoms with Crippen molar-refractivity contribution in [3.8, 4) is 5.88 Å². The molecule has 7 rings (SSSR count). The summed E-state index contributed by atoms with van der Waals surface area (Å²) in [6.07, 6.45) is 2.64. The van der Waals surface area contributed by atoms with Gasteiger partial charge in [0.05, 0.1) is 16.3 Å². The minimum absolute atomic E-state index is 0.132. The van der Waals surface area contributed by atoms with E-state index >= 15 is 0 Å². The number of rotatable bonds is 4. The van der Waals surface area contributed by atoms with Crippen molar-refractivity contribution in [2.24, 2.45) is 16.8 Å². The Bertz CT molecular complexity index is 1550. The van der Waals surface area contributed by atoms with Gasteiger partial charge >= 0.3 is 6.09 Å². The second-order valence-electron chi connectivity index (χ2n) is 10.7. The molecule has 3 amide bonds. The molecule has 0 spiro atoms. The number of hydrogen-bond donors (Lipinski definition) is 3. The molecule has 1 unspecified atom stereocenters. The quantitative estimate of drug-likeness (QED) is 0.361. The zero-order valence-electron chi connectivity index (χ0n) is 22.8. The Hall–Kier alpha value is -3.90. The molecule has 11 nitrogen and oxygen atoms in total. The van der Waals surface area contributed by atoms with E-state index in [2.05, 4.69) is 41.7 Å². The topological polar surface area (TPSA) is 132 Å². The number of benzene rings is 2. The summed E-state index contributed by atoms with van der Waals surface area (Å²) in [6, 6.07) is 14.3. The molecule has 4 aliphatic rings. The van der Waals surface area contributed by atoms with Crippen molar-refractivity contribution in [2.45, 2.75) is 31.8 Å². The molecule has 2 saturated heterocycles. The van der Waals surface area contributed by atoms with E-state index in [9.17, 15) is 14.4 Å². The summed E-state index contributed by atoms with van der Waals surface area (Å²) in [4.78, 5) is 47.9. The molecule has 3 N–H and O–H groups in total. The average Bonchev–Trinajstić information content (AvgIpc) is 3.15. The molecular weight excluding hydrogens is 626 g/mol. The number of amidine groups is 1. The first-order valence-corrected chi connectivity index (χ1v) is 14.9. The number of aromatic nitrogens is 2. The summed E-state index contributed by atoms with van der Waals surface area (Å²) in [5.41, 5.74) is 1.84. The first kappa shape index (κ1) is 28.2. The van der Waals surface area contributed by atoms with Crippen LogP contribution in [0.2, 0.25) is 5.02 Å². The van der Waals surface area contributed by atoms with E-state index in [0.29, 0.717) is 17.7 Å². The molecule has 1 aromatic heterocycles. The van der Waals surface area contributed by atoms with Crippen LogP contribution in [0.15, 0.2) is 58.0 Å². The van der Waals surface area contributed by atoms with Gasteiger partial charge in [0.25, 0.3) is 17.7 Å². The highest BCUT2D eigenvalue weighted by Gasteiger charge is 2.36. The number of carbonyl (C=O) groups is 3. The summed E-state index contributed by atoms with van der Waals surface area (Å²) >= 11 is 9.43. The Morgan fingerprint density at radius 1 is 1.05 bits per heavy atom. The molecule has 3 aliphatic heterocycles. The highest BCUT2D eigenvalue weighted by Crippen LogP contribution is 2.36. The first-order valence-electron chi connectivity index (χ1n) is 13.8. The van der Waals surface area contributed by atoms with Gasteiger partial charge in [-0.25, -0.2) is 9.79 Å². The molecule has 42 heavy (non-hydrogen) atoms. The van der Waals surface area contributed by atoms with Crippen LogP contribution in [0.1, 0.15) is 41.6 Å². The second-order valence-corrected chi connectivity index (χ2v) is 11.9. The molecule has 13 heteroatoms. The second kappa shape index (κ2) is 11.8. The molecule has 3 aromatic rings. The number of H-pyrrole nitrogens is 1. The molecule has 1 saturated carbocycles. The lowest BCUT2D eigenvalue weighted by Gasteiger charge is -2.27. The van der Waals surface area contributed by atoms with Crippen molar-refractivity contribution in [1.82, 2.24) is 20.4 Å². The highest BCUT2D eigenvalue weighted by atomic mass is 79.9. The predicted octanol–water partition coefficient (Wildman–Crippen LogP) is 5.04. The standard InChI is InChI=1S/C29H29BrClN7O4/c1-37-21-9-5-3-7-19(21)25(38-14-16-10-11-17(15-38)13-12-16)32-24(28(37)40)34-29(41)42-27-22(30)23(35-36-27)33-26(39)18-6-2-4-8-20(18)31/h2-9,16-17,24H,10-15H2,1H3,(H,34,41)(H2,33,35,36,39). The van der Waals surface area contributed by atoms with Gasteiger partial charge in [0.1, 0.15) is 16.1 Å². The molecular formula is C29H29BrClN7O4. The van der Waals surface area contributed by atoms with Crippen LogP contribution in [-0.2, 0) is 4.79 Å². The number of ether oxygens (including phenoxy) is 1. The summed E-state index contributed by atoms with van der Waals surface area (Å²) in [6.45, 7) is 1.73. The van der Waals surface area contributed by atoms with Gasteiger partial charge in [-0.15, -0.1) is 5.10 Å². The van der Waals surface area contributed by atoms with Crippen LogP contribution in [0.25, 0.3) is 0 Å². The van der Waals surface area contributed by atoms with Gasteiger partial charge in [0, 0.05) is 25.7 Å². The van der Waals surface area contributed by atoms with Gasteiger partial charge in [-0.2, -0.15) is 0 Å². The number of anilines is 2. The molecule has 218 valence electrons. The fraction of sp³-hybridized carbons (Fsp3) is 0.345. The SMILES string of the molecule is CN1C(=O)C(NC(=O)Oc2n[nH]c(NC(=O)c3ccccc3Cl)c2Br)N=C(N2CC3CCC(CC3)C2)c2ccccc21. The van der Waals surface area contributed by atoms with Crippen LogP contribution < -0.4 is 20.3 Å². The van der Waals surface area contributed by atoms with Crippen molar-refractivity contribution < 1.29 is 19.1 Å². The van der Waals surface area contributed by atoms with Gasteiger partial charge in [-0.3, -0.25) is 20.0 Å². The van der Waals surface area contributed by atoms with E-state index in [1.807, 2.05) is 24.3 Å². The van der Waals surface area contributed by atoms with Gasteiger partial charge in [0.2, 0.25) is 6.17 Å². The minimum Gasteiger partial charge on any atom is -0.388 e. The Labute approximate surface area is 255 Å². The summed E-state index contributed by atoms with van der Waals surface area (Å²) in [5, 5.41) is 12.1. The number of carbonyl (C=O) groups excluding carboxylic acids is 3. The number of benzodiazepines with no additional fused rings is 1. The van der Waals surface area contributed by atoms with E-state index in [4.69, 9.17) is 21.3 Å². The Morgan fingerprint density at radius 3 is 2.43 bits per heavy atom. The third kappa shape index (κ3) is 5.60. The smallest absolute Gasteiger partial charge is 0.388 e. The lowest BCUT2D eigenvalue weighted by molar-refractivity contribution is -0.120. The molecule has 0 radical (unpaired) electrons. The lowest BCUT2D eigenvalue weighted by atomic mass is 9.84. The zero-order valence-corrected chi connectivity index (χ0v) is 25.1. The van der Waals surface area contributed by atoms with Crippen LogP contribution in [0, 0.1) is 11.8 Å². The number of aliphatic imine (C=N–C) groups is 1. The van der Waals surface area contributed by atoms with Crippen LogP contribution >= 0.6 is 27.5 Å². The number of likely N-dealkylation sites (N-methyl/N-ethyl adjacent to an activating group) is 1. The van der Waals surface area contributed by atoms with Crippen molar-refractivity contribution in [3.05, 3.63) is 69.2 Å². The summed E-state index contributed by atoms with van der Waals surface area (Å²) in [5.74, 6) is 1.01. The van der Waals surface area contributed by atoms with Crippen LogP contribution in [-0.4, -0.2) is 65.1 Å². The normalized spacial score (nSPS) is 21.6. The molecule has 2 aromatic carbocycles. The fourth-order valence-electron chi connectivity index (χ4n) is 5.84. The molecule has 3 fully saturated rings. The van der Waals surface area contributed by atoms with Crippen LogP contribution in [0.4, 0.5) is 16.3 Å². The van der Waals surface area contributed by atoms with Crippen LogP contribution in [0.5, 0.6) is 5.88 Å². The van der Waals surface area contributed by atoms with Gasteiger partial charge in [-0.05, 0) is 77.7 Å². The predicted molar refractivity (Wildman–Crippen MR) is 162 cm³/mol. The van der Waals surface area contributed by atoms with Crippen molar-refractivity contribution in [1.29, 1.82) is 0 Å². The number of nitrogens with zero attached hydrogens (tertiary/aromatic N) is 4. The number of nitrogens with one attached hydrogen (secondary N) is 3. The van der Waals surface area contributed by atoms with Gasteiger partial charge in [0.15, 0.2) is 0 Å². The average molecular weight is 655 g/mol. The Morgan fingerprint density at radius 2 is 1.71 bits per heavy atom. The Kier molecular flexibility index (Phi) is 7.91. The van der Waals surface area contributed by atoms with Crippen molar-refractivity contribution in [2.75, 3.05) is 30.4 Å². The van der Waals surface area contributed by atoms with Gasteiger partial charge in [-0.1, -0.05) is 35.9 Å². The van der Waals surface area contributed by atoms with Gasteiger partial charge < -0.3 is 19.9 Å². The maximum atomic E-state index is 13.5. The monoisotopic (exact) mass is 653 g/mol. The highest BCUT2D eigenvalue weighted by molar-refractivity contribution is 9.10. The van der Waals surface area contributed by atoms with Crippen molar-refractivity contribution >= 4 is 62.8 Å². The number of amides is 3. The lowest BCUT2D eigenvalue weighted by Crippen LogP contribution is -2.47. The Balaban J connectivity index is 1.21. The third-order valence-electron chi connectivity index (χ3n) is 8.02. The van der Waals surface area contributed by atoms with E-state index in [-0.39, 0.29) is 26.8 Å². The number of hydrogen-bond acceptors (Lipinski definition) is 7. The number of halogens is 2. The maximum Gasteiger partial charge on any atom is 0.416 e. The minimum atomic E-state index is -1.22. The van der Waals surface area contributed by atoms with E-state index in [1.165, 1.54) is 30.6 Å². The number of para-hydroxylation sites is 1. The third-order valence-corrected chi connectivity index (χ3v) is 9.09. The summed E-state index contributed by atoms with van der Waals surface area (Å²) < 4.78 is 5.62. The number of aromatic amines is 1. The number of fused-ring (bicyclic) bond motifs is 5.